The van der Waals surface area contributed by atoms with Crippen LogP contribution in [-0.4, -0.2) is 47.8 Å². The second-order valence-electron chi connectivity index (χ2n) is 6.91. The summed E-state index contributed by atoms with van der Waals surface area (Å²) in [6, 6.07) is 12.5. The van der Waals surface area contributed by atoms with E-state index in [0.717, 1.165) is 37.5 Å². The van der Waals surface area contributed by atoms with Gasteiger partial charge in [0.15, 0.2) is 0 Å². The van der Waals surface area contributed by atoms with Gasteiger partial charge in [-0.3, -0.25) is 9.88 Å². The van der Waals surface area contributed by atoms with Crippen LogP contribution in [0, 0.1) is 0 Å². The lowest BCUT2D eigenvalue weighted by Crippen LogP contribution is -2.51. The molecule has 5 heteroatoms. The molecular formula is C21H24N2O2S. The molecule has 0 radical (unpaired) electrons. The number of ether oxygens (including phenoxy) is 1. The van der Waals surface area contributed by atoms with Gasteiger partial charge in [0.1, 0.15) is 5.75 Å². The normalized spacial score (nSPS) is 16.6. The second-order valence-corrected chi connectivity index (χ2v) is 8.05. The molecule has 0 bridgehead atoms. The molecule has 1 atom stereocenters. The summed E-state index contributed by atoms with van der Waals surface area (Å²) in [6.45, 7) is 4.80. The van der Waals surface area contributed by atoms with E-state index in [9.17, 15) is 5.11 Å². The summed E-state index contributed by atoms with van der Waals surface area (Å²) in [5.41, 5.74) is 2.35. The van der Waals surface area contributed by atoms with Crippen LogP contribution in [0.2, 0.25) is 0 Å². The van der Waals surface area contributed by atoms with E-state index >= 15 is 0 Å². The van der Waals surface area contributed by atoms with E-state index in [1.807, 2.05) is 29.7 Å². The Bertz CT molecular complexity index is 902. The topological polar surface area (TPSA) is 45.6 Å². The van der Waals surface area contributed by atoms with E-state index in [0.29, 0.717) is 0 Å². The summed E-state index contributed by atoms with van der Waals surface area (Å²) in [4.78, 5) is 8.34. The van der Waals surface area contributed by atoms with Gasteiger partial charge in [-0.05, 0) is 35.6 Å². The number of pyridine rings is 1. The van der Waals surface area contributed by atoms with Gasteiger partial charge in [-0.15, -0.1) is 11.3 Å². The molecule has 1 N–H and O–H groups in total. The maximum atomic E-state index is 9.52. The fraction of sp³-hybridized carbons (Fsp3) is 0.381. The largest absolute Gasteiger partial charge is 0.495 e. The Morgan fingerprint density at radius 3 is 2.85 bits per heavy atom. The zero-order chi connectivity index (χ0) is 18.1. The van der Waals surface area contributed by atoms with Crippen LogP contribution in [0.4, 0.5) is 0 Å². The van der Waals surface area contributed by atoms with Crippen LogP contribution < -0.4 is 4.74 Å². The number of aliphatic hydroxyl groups excluding tert-OH is 1. The number of methoxy groups -OCH3 is 1. The number of aliphatic hydroxyl groups is 1. The molecule has 0 aliphatic carbocycles. The standard InChI is InChI=1S/C21H24N2O2S/c1-14(21-17(25-2)7-5-10-22-21)20-16-6-3-4-8-18(16)26-19(20)9-11-23-12-15(24)13-23/h3-8,10,14-15,24H,9,11-13H2,1-2H3. The van der Waals surface area contributed by atoms with Crippen molar-refractivity contribution in [3.05, 3.63) is 58.7 Å². The molecule has 136 valence electrons. The van der Waals surface area contributed by atoms with E-state index < -0.39 is 0 Å². The lowest BCUT2D eigenvalue weighted by Gasteiger charge is -2.35. The van der Waals surface area contributed by atoms with Crippen LogP contribution in [0.15, 0.2) is 42.6 Å². The van der Waals surface area contributed by atoms with Crippen molar-refractivity contribution in [1.29, 1.82) is 0 Å². The first kappa shape index (κ1) is 17.5. The van der Waals surface area contributed by atoms with Gasteiger partial charge >= 0.3 is 0 Å². The fourth-order valence-electron chi connectivity index (χ4n) is 3.80. The Balaban J connectivity index is 1.70. The molecule has 1 aliphatic heterocycles. The van der Waals surface area contributed by atoms with Gasteiger partial charge in [0.25, 0.3) is 0 Å². The second kappa shape index (κ2) is 7.35. The average Bonchev–Trinajstić information content (AvgIpc) is 3.02. The van der Waals surface area contributed by atoms with Crippen molar-refractivity contribution in [2.24, 2.45) is 0 Å². The van der Waals surface area contributed by atoms with Gasteiger partial charge in [-0.2, -0.15) is 0 Å². The number of aromatic nitrogens is 1. The highest BCUT2D eigenvalue weighted by Gasteiger charge is 2.26. The van der Waals surface area contributed by atoms with E-state index in [1.54, 1.807) is 7.11 Å². The van der Waals surface area contributed by atoms with Crippen LogP contribution >= 0.6 is 11.3 Å². The molecule has 0 amide bonds. The number of hydrogen-bond acceptors (Lipinski definition) is 5. The third kappa shape index (κ3) is 3.22. The molecule has 3 aromatic rings. The number of β-amino-alcohol motifs (C(OH)–C–C–N with tert-alkyl or cyclic N) is 1. The molecule has 4 nitrogen and oxygen atoms in total. The van der Waals surface area contributed by atoms with Crippen molar-refractivity contribution < 1.29 is 9.84 Å². The zero-order valence-electron chi connectivity index (χ0n) is 15.2. The third-order valence-electron chi connectivity index (χ3n) is 5.17. The Hall–Kier alpha value is -1.95. The van der Waals surface area contributed by atoms with Gasteiger partial charge < -0.3 is 9.84 Å². The molecule has 0 spiro atoms. The maximum absolute atomic E-state index is 9.52. The van der Waals surface area contributed by atoms with E-state index in [-0.39, 0.29) is 12.0 Å². The lowest BCUT2D eigenvalue weighted by atomic mass is 9.92. The molecule has 4 rings (SSSR count). The van der Waals surface area contributed by atoms with Crippen molar-refractivity contribution in [2.75, 3.05) is 26.7 Å². The fourth-order valence-corrected chi connectivity index (χ4v) is 5.09. The van der Waals surface area contributed by atoms with E-state index in [2.05, 4.69) is 41.1 Å². The van der Waals surface area contributed by atoms with Crippen LogP contribution in [0.1, 0.15) is 29.0 Å². The summed E-state index contributed by atoms with van der Waals surface area (Å²) >= 11 is 1.88. The van der Waals surface area contributed by atoms with Gasteiger partial charge in [0.2, 0.25) is 0 Å². The quantitative estimate of drug-likeness (QED) is 0.721. The van der Waals surface area contributed by atoms with Gasteiger partial charge in [-0.25, -0.2) is 0 Å². The molecular weight excluding hydrogens is 344 g/mol. The number of hydrogen-bond donors (Lipinski definition) is 1. The highest BCUT2D eigenvalue weighted by Crippen LogP contribution is 2.40. The SMILES string of the molecule is COc1cccnc1C(C)c1c(CCN2CC(O)C2)sc2ccccc12. The smallest absolute Gasteiger partial charge is 0.140 e. The number of fused-ring (bicyclic) bond motifs is 1. The van der Waals surface area contributed by atoms with E-state index in [4.69, 9.17) is 4.74 Å². The summed E-state index contributed by atoms with van der Waals surface area (Å²) < 4.78 is 6.88. The van der Waals surface area contributed by atoms with Crippen LogP contribution in [0.25, 0.3) is 10.1 Å². The predicted octanol–water partition coefficient (Wildman–Crippen LogP) is 3.68. The van der Waals surface area contributed by atoms with Crippen molar-refractivity contribution in [2.45, 2.75) is 25.4 Å². The Morgan fingerprint density at radius 2 is 2.08 bits per heavy atom. The first-order chi connectivity index (χ1) is 12.7. The summed E-state index contributed by atoms with van der Waals surface area (Å²) in [5.74, 6) is 1.01. The molecule has 3 heterocycles. The van der Waals surface area contributed by atoms with Gasteiger partial charge in [0.05, 0.1) is 18.9 Å². The predicted molar refractivity (Wildman–Crippen MR) is 106 cm³/mol. The number of rotatable bonds is 6. The molecule has 1 aromatic carbocycles. The minimum Gasteiger partial charge on any atom is -0.495 e. The molecule has 1 aliphatic rings. The van der Waals surface area contributed by atoms with Crippen molar-refractivity contribution in [3.8, 4) is 5.75 Å². The number of nitrogens with zero attached hydrogens (tertiary/aromatic N) is 2. The van der Waals surface area contributed by atoms with Crippen LogP contribution in [-0.2, 0) is 6.42 Å². The van der Waals surface area contributed by atoms with Crippen molar-refractivity contribution >= 4 is 21.4 Å². The Kier molecular flexibility index (Phi) is 4.94. The third-order valence-corrected chi connectivity index (χ3v) is 6.41. The summed E-state index contributed by atoms with van der Waals surface area (Å²) in [5, 5.41) is 10.8. The van der Waals surface area contributed by atoms with Gasteiger partial charge in [0, 0.05) is 41.3 Å². The molecule has 1 unspecified atom stereocenters. The van der Waals surface area contributed by atoms with E-state index in [1.165, 1.54) is 20.5 Å². The average molecular weight is 369 g/mol. The lowest BCUT2D eigenvalue weighted by molar-refractivity contribution is 0.00319. The molecule has 2 aromatic heterocycles. The van der Waals surface area contributed by atoms with Crippen molar-refractivity contribution in [1.82, 2.24) is 9.88 Å². The Labute approximate surface area is 158 Å². The highest BCUT2D eigenvalue weighted by atomic mass is 32.1. The molecule has 1 fully saturated rings. The monoisotopic (exact) mass is 368 g/mol. The molecule has 26 heavy (non-hydrogen) atoms. The van der Waals surface area contributed by atoms with Crippen LogP contribution in [0.3, 0.4) is 0 Å². The molecule has 1 saturated heterocycles. The highest BCUT2D eigenvalue weighted by molar-refractivity contribution is 7.19. The number of thiophene rings is 1. The van der Waals surface area contributed by atoms with Crippen molar-refractivity contribution in [3.63, 3.8) is 0 Å². The van der Waals surface area contributed by atoms with Crippen LogP contribution in [0.5, 0.6) is 5.75 Å². The zero-order valence-corrected chi connectivity index (χ0v) is 16.0. The molecule has 0 saturated carbocycles. The minimum absolute atomic E-state index is 0.145. The number of likely N-dealkylation sites (tertiary alicyclic amines) is 1. The maximum Gasteiger partial charge on any atom is 0.140 e. The first-order valence-electron chi connectivity index (χ1n) is 9.07. The number of benzene rings is 1. The summed E-state index contributed by atoms with van der Waals surface area (Å²) in [6.07, 6.45) is 2.69. The van der Waals surface area contributed by atoms with Gasteiger partial charge in [-0.1, -0.05) is 25.1 Å². The first-order valence-corrected chi connectivity index (χ1v) is 9.88. The summed E-state index contributed by atoms with van der Waals surface area (Å²) in [7, 11) is 1.70. The Morgan fingerprint density at radius 1 is 1.27 bits per heavy atom. The minimum atomic E-state index is -0.145.